The zero-order valence-corrected chi connectivity index (χ0v) is 20.8. The van der Waals surface area contributed by atoms with Gasteiger partial charge in [0.05, 0.1) is 5.01 Å². The number of nitrogens with zero attached hydrogens (tertiary/aromatic N) is 2. The van der Waals surface area contributed by atoms with Gasteiger partial charge < -0.3 is 15.3 Å². The molecule has 0 spiro atoms. The number of thiazole rings is 1. The van der Waals surface area contributed by atoms with Gasteiger partial charge in [-0.05, 0) is 50.9 Å². The number of carbonyl (C=O) groups is 2. The van der Waals surface area contributed by atoms with Gasteiger partial charge in [-0.3, -0.25) is 4.79 Å². The molecule has 2 heterocycles. The van der Waals surface area contributed by atoms with Crippen molar-refractivity contribution >= 4 is 23.2 Å². The van der Waals surface area contributed by atoms with Crippen molar-refractivity contribution in [2.45, 2.75) is 114 Å². The molecule has 5 rings (SSSR count). The van der Waals surface area contributed by atoms with Crippen LogP contribution in [0.4, 0.5) is 0 Å². The van der Waals surface area contributed by atoms with Crippen LogP contribution in [0.3, 0.4) is 0 Å². The number of carbonyl (C=O) groups excluding carboxylic acids is 1. The second kappa shape index (κ2) is 12.3. The van der Waals surface area contributed by atoms with E-state index >= 15 is 0 Å². The summed E-state index contributed by atoms with van der Waals surface area (Å²) in [5.41, 5.74) is 0.139. The lowest BCUT2D eigenvalue weighted by Gasteiger charge is -2.31. The highest BCUT2D eigenvalue weighted by molar-refractivity contribution is 7.09. The van der Waals surface area contributed by atoms with Crippen molar-refractivity contribution in [2.24, 2.45) is 5.92 Å². The van der Waals surface area contributed by atoms with Crippen LogP contribution in [0.15, 0.2) is 5.38 Å². The van der Waals surface area contributed by atoms with Gasteiger partial charge in [-0.2, -0.15) is 0 Å². The lowest BCUT2D eigenvalue weighted by atomic mass is 9.95. The summed E-state index contributed by atoms with van der Waals surface area (Å²) in [5, 5.41) is 15.2. The zero-order valence-electron chi connectivity index (χ0n) is 20.0. The van der Waals surface area contributed by atoms with E-state index in [-0.39, 0.29) is 5.69 Å². The van der Waals surface area contributed by atoms with Crippen LogP contribution in [-0.4, -0.2) is 52.0 Å². The van der Waals surface area contributed by atoms with Crippen LogP contribution < -0.4 is 5.32 Å². The van der Waals surface area contributed by atoms with E-state index in [4.69, 9.17) is 5.11 Å². The van der Waals surface area contributed by atoms with Gasteiger partial charge in [0.25, 0.3) is 0 Å². The van der Waals surface area contributed by atoms with E-state index in [9.17, 15) is 9.59 Å². The lowest BCUT2D eigenvalue weighted by molar-refractivity contribution is -0.132. The maximum absolute atomic E-state index is 12.3. The molecule has 2 N–H and O–H groups in total. The molecular formula is C26H41N3O3S. The van der Waals surface area contributed by atoms with Crippen LogP contribution in [0.2, 0.25) is 0 Å². The van der Waals surface area contributed by atoms with E-state index in [1.165, 1.54) is 82.0 Å². The molecule has 1 aromatic heterocycles. The summed E-state index contributed by atoms with van der Waals surface area (Å²) in [6.07, 6.45) is 18.9. The first-order valence-corrected chi connectivity index (χ1v) is 14.2. The van der Waals surface area contributed by atoms with Crippen LogP contribution in [0.5, 0.6) is 0 Å². The third-order valence-electron chi connectivity index (χ3n) is 7.83. The van der Waals surface area contributed by atoms with E-state index in [0.717, 1.165) is 55.4 Å². The molecule has 0 unspecified atom stereocenters. The Hall–Kier alpha value is -1.47. The molecular weight excluding hydrogens is 434 g/mol. The van der Waals surface area contributed by atoms with Crippen molar-refractivity contribution in [2.75, 3.05) is 13.1 Å². The highest BCUT2D eigenvalue weighted by atomic mass is 32.1. The number of carboxylic acids is 1. The molecule has 1 amide bonds. The highest BCUT2D eigenvalue weighted by Crippen LogP contribution is 2.32. The molecule has 184 valence electrons. The molecule has 6 nitrogen and oxygen atoms in total. The van der Waals surface area contributed by atoms with Crippen LogP contribution in [-0.2, 0) is 4.79 Å². The quantitative estimate of drug-likeness (QED) is 0.537. The monoisotopic (exact) mass is 475 g/mol. The number of hydrogen-bond donors (Lipinski definition) is 2. The van der Waals surface area contributed by atoms with E-state index in [1.807, 2.05) is 4.90 Å². The second-order valence-electron chi connectivity index (χ2n) is 10.5. The fourth-order valence-corrected chi connectivity index (χ4v) is 6.55. The molecule has 3 saturated carbocycles. The third kappa shape index (κ3) is 7.78. The van der Waals surface area contributed by atoms with Crippen LogP contribution in [0.25, 0.3) is 0 Å². The van der Waals surface area contributed by atoms with Gasteiger partial charge in [0.2, 0.25) is 5.91 Å². The minimum absolute atomic E-state index is 0.139. The Bertz CT molecular complexity index is 759. The highest BCUT2D eigenvalue weighted by Gasteiger charge is 2.27. The van der Waals surface area contributed by atoms with Crippen molar-refractivity contribution in [3.63, 3.8) is 0 Å². The Kier molecular flexibility index (Phi) is 9.18. The second-order valence-corrected chi connectivity index (χ2v) is 11.4. The Balaban J connectivity index is 0.000000214. The molecule has 0 bridgehead atoms. The van der Waals surface area contributed by atoms with Gasteiger partial charge in [0.15, 0.2) is 5.69 Å². The molecule has 0 atom stereocenters. The molecule has 1 saturated heterocycles. The fraction of sp³-hybridized carbons (Fsp3) is 0.808. The van der Waals surface area contributed by atoms with Crippen molar-refractivity contribution in [3.8, 4) is 0 Å². The standard InChI is InChI=1S/C17H24N2O3S.C9H17N/c20-15(6-5-12-3-1-2-4-12)19-9-7-13(8-10-19)16-18-14(11-23-16)17(21)22;1-2-4-8(5-3-1)10-9-6-7-9/h11-13H,1-10H2,(H,21,22);8-10H,1-7H2. The molecule has 0 aromatic carbocycles. The van der Waals surface area contributed by atoms with E-state index in [1.54, 1.807) is 5.38 Å². The number of aromatic nitrogens is 1. The molecule has 4 fully saturated rings. The Morgan fingerprint density at radius 1 is 0.939 bits per heavy atom. The number of piperidine rings is 1. The Morgan fingerprint density at radius 3 is 2.18 bits per heavy atom. The number of rotatable bonds is 7. The largest absolute Gasteiger partial charge is 0.476 e. The summed E-state index contributed by atoms with van der Waals surface area (Å²) in [7, 11) is 0. The molecule has 4 aliphatic rings. The minimum Gasteiger partial charge on any atom is -0.476 e. The summed E-state index contributed by atoms with van der Waals surface area (Å²) >= 11 is 1.43. The van der Waals surface area contributed by atoms with Gasteiger partial charge in [0.1, 0.15) is 0 Å². The zero-order chi connectivity index (χ0) is 23.0. The number of likely N-dealkylation sites (tertiary alicyclic amines) is 1. The normalized spacial score (nSPS) is 22.7. The SMILES string of the molecule is C1CCC(NC2CC2)CC1.O=C(O)c1csc(C2CCN(C(=O)CCC3CCCC3)CC2)n1. The molecule has 7 heteroatoms. The predicted octanol–water partition coefficient (Wildman–Crippen LogP) is 5.59. The molecule has 33 heavy (non-hydrogen) atoms. The van der Waals surface area contributed by atoms with Gasteiger partial charge in [-0.15, -0.1) is 11.3 Å². The first kappa shape index (κ1) is 24.6. The van der Waals surface area contributed by atoms with Gasteiger partial charge in [-0.1, -0.05) is 44.9 Å². The number of hydrogen-bond acceptors (Lipinski definition) is 5. The summed E-state index contributed by atoms with van der Waals surface area (Å²) in [6, 6.07) is 1.81. The van der Waals surface area contributed by atoms with Crippen LogP contribution in [0.1, 0.15) is 118 Å². The maximum atomic E-state index is 12.3. The lowest BCUT2D eigenvalue weighted by Crippen LogP contribution is -2.38. The van der Waals surface area contributed by atoms with Crippen LogP contribution in [0, 0.1) is 5.92 Å². The smallest absolute Gasteiger partial charge is 0.355 e. The number of nitrogens with one attached hydrogen (secondary N) is 1. The topological polar surface area (TPSA) is 82.5 Å². The number of carboxylic acid groups (broad SMARTS) is 1. The van der Waals surface area contributed by atoms with Gasteiger partial charge in [0, 0.05) is 42.9 Å². The Labute approximate surface area is 202 Å². The molecule has 3 aliphatic carbocycles. The van der Waals surface area contributed by atoms with E-state index in [2.05, 4.69) is 10.3 Å². The summed E-state index contributed by atoms with van der Waals surface area (Å²) < 4.78 is 0. The van der Waals surface area contributed by atoms with Crippen molar-refractivity contribution in [1.82, 2.24) is 15.2 Å². The van der Waals surface area contributed by atoms with Gasteiger partial charge in [-0.25, -0.2) is 9.78 Å². The average molecular weight is 476 g/mol. The number of amides is 1. The van der Waals surface area contributed by atoms with E-state index < -0.39 is 5.97 Å². The molecule has 1 aromatic rings. The Morgan fingerprint density at radius 2 is 1.58 bits per heavy atom. The molecule has 0 radical (unpaired) electrons. The summed E-state index contributed by atoms with van der Waals surface area (Å²) in [6.45, 7) is 1.55. The molecule has 1 aliphatic heterocycles. The van der Waals surface area contributed by atoms with Gasteiger partial charge >= 0.3 is 5.97 Å². The fourth-order valence-electron chi connectivity index (χ4n) is 5.59. The first-order chi connectivity index (χ1) is 16.1. The average Bonchev–Trinajstić information content (AvgIpc) is 3.29. The maximum Gasteiger partial charge on any atom is 0.355 e. The van der Waals surface area contributed by atoms with Crippen LogP contribution >= 0.6 is 11.3 Å². The van der Waals surface area contributed by atoms with Crippen molar-refractivity contribution in [3.05, 3.63) is 16.1 Å². The summed E-state index contributed by atoms with van der Waals surface area (Å²) in [5.74, 6) is 0.390. The summed E-state index contributed by atoms with van der Waals surface area (Å²) in [4.78, 5) is 29.4. The van der Waals surface area contributed by atoms with Crippen molar-refractivity contribution in [1.29, 1.82) is 0 Å². The third-order valence-corrected chi connectivity index (χ3v) is 8.84. The first-order valence-electron chi connectivity index (χ1n) is 13.3. The van der Waals surface area contributed by atoms with E-state index in [0.29, 0.717) is 18.2 Å². The predicted molar refractivity (Wildman–Crippen MR) is 132 cm³/mol. The number of aromatic carboxylic acids is 1. The van der Waals surface area contributed by atoms with Crippen molar-refractivity contribution < 1.29 is 14.7 Å². The minimum atomic E-state index is -0.966.